The normalized spacial score (nSPS) is 15.9. The van der Waals surface area contributed by atoms with Crippen molar-refractivity contribution in [1.82, 2.24) is 4.90 Å². The summed E-state index contributed by atoms with van der Waals surface area (Å²) in [7, 11) is 0. The molecule has 0 amide bonds. The van der Waals surface area contributed by atoms with Gasteiger partial charge in [-0.25, -0.2) is 0 Å². The number of hydrogen-bond acceptors (Lipinski definition) is 3. The number of hydrogen-bond donors (Lipinski definition) is 0. The van der Waals surface area contributed by atoms with E-state index in [1.807, 2.05) is 11.8 Å². The van der Waals surface area contributed by atoms with Gasteiger partial charge in [0.2, 0.25) is 0 Å². The van der Waals surface area contributed by atoms with Gasteiger partial charge in [0.1, 0.15) is 0 Å². The fourth-order valence-electron chi connectivity index (χ4n) is 2.28. The van der Waals surface area contributed by atoms with Crippen molar-refractivity contribution >= 4 is 17.4 Å². The van der Waals surface area contributed by atoms with E-state index < -0.39 is 0 Å². The summed E-state index contributed by atoms with van der Waals surface area (Å²) in [5, 5.41) is 0. The largest absolute Gasteiger partial charge is 0.357 e. The Morgan fingerprint density at radius 2 is 1.53 bits per heavy atom. The number of rotatable bonds is 4. The average Bonchev–Trinajstić information content (AvgIpc) is 2.96. The van der Waals surface area contributed by atoms with Crippen LogP contribution < -0.4 is 4.90 Å². The quantitative estimate of drug-likeness (QED) is 0.785. The molecule has 19 heavy (non-hydrogen) atoms. The van der Waals surface area contributed by atoms with E-state index in [-0.39, 0.29) is 0 Å². The Kier molecular flexibility index (Phi) is 4.06. The lowest BCUT2D eigenvalue weighted by Crippen LogP contribution is -2.24. The molecule has 1 heterocycles. The monoisotopic (exact) mass is 270 g/mol. The Balaban J connectivity index is 1.52. The summed E-state index contributed by atoms with van der Waals surface area (Å²) in [4.78, 5) is 6.27. The first-order chi connectivity index (χ1) is 9.42. The molecule has 0 saturated carbocycles. The summed E-state index contributed by atoms with van der Waals surface area (Å²) in [6.45, 7) is 3.30. The minimum atomic E-state index is 1.03. The topological polar surface area (TPSA) is 6.48 Å². The molecule has 0 unspecified atom stereocenters. The van der Waals surface area contributed by atoms with E-state index in [0.717, 1.165) is 25.6 Å². The molecule has 1 fully saturated rings. The van der Waals surface area contributed by atoms with E-state index in [2.05, 4.69) is 70.5 Å². The molecule has 0 spiro atoms. The van der Waals surface area contributed by atoms with Crippen LogP contribution >= 0.6 is 11.8 Å². The third kappa shape index (κ3) is 3.31. The van der Waals surface area contributed by atoms with Gasteiger partial charge in [0.15, 0.2) is 0 Å². The second-order valence-electron chi connectivity index (χ2n) is 4.72. The van der Waals surface area contributed by atoms with E-state index in [0.29, 0.717) is 0 Å². The first-order valence-corrected chi connectivity index (χ1v) is 7.60. The van der Waals surface area contributed by atoms with Gasteiger partial charge in [0.25, 0.3) is 0 Å². The maximum atomic E-state index is 2.49. The van der Waals surface area contributed by atoms with Crippen LogP contribution in [0.2, 0.25) is 0 Å². The highest BCUT2D eigenvalue weighted by Crippen LogP contribution is 2.22. The minimum absolute atomic E-state index is 1.03. The lowest BCUT2D eigenvalue weighted by Gasteiger charge is -2.19. The molecule has 0 aliphatic carbocycles. The van der Waals surface area contributed by atoms with Crippen molar-refractivity contribution in [3.8, 4) is 0 Å². The van der Waals surface area contributed by atoms with Crippen molar-refractivity contribution in [3.05, 3.63) is 60.7 Å². The van der Waals surface area contributed by atoms with Crippen LogP contribution in [0.1, 0.15) is 0 Å². The predicted molar refractivity (Wildman–Crippen MR) is 82.5 cm³/mol. The van der Waals surface area contributed by atoms with Crippen LogP contribution in [0.15, 0.2) is 65.6 Å². The van der Waals surface area contributed by atoms with Crippen molar-refractivity contribution < 1.29 is 0 Å². The van der Waals surface area contributed by atoms with E-state index in [1.54, 1.807) is 0 Å². The number of benzene rings is 2. The van der Waals surface area contributed by atoms with Gasteiger partial charge in [-0.15, -0.1) is 11.8 Å². The molecule has 1 aliphatic rings. The Bertz CT molecular complexity index is 501. The zero-order valence-electron chi connectivity index (χ0n) is 10.9. The molecule has 3 rings (SSSR count). The van der Waals surface area contributed by atoms with Crippen LogP contribution in [0, 0.1) is 0 Å². The molecule has 2 nitrogen and oxygen atoms in total. The predicted octanol–water partition coefficient (Wildman–Crippen LogP) is 3.52. The van der Waals surface area contributed by atoms with Crippen molar-refractivity contribution in [2.24, 2.45) is 0 Å². The summed E-state index contributed by atoms with van der Waals surface area (Å²) in [5.74, 6) is 1.06. The molecule has 0 atom stereocenters. The molecule has 2 aromatic carbocycles. The Labute approximate surface area is 119 Å². The Morgan fingerprint density at radius 3 is 2.26 bits per heavy atom. The zero-order valence-corrected chi connectivity index (χ0v) is 11.7. The number of thioether (sulfide) groups is 1. The van der Waals surface area contributed by atoms with Crippen LogP contribution in [-0.4, -0.2) is 30.5 Å². The van der Waals surface area contributed by atoms with E-state index in [9.17, 15) is 0 Å². The van der Waals surface area contributed by atoms with Crippen LogP contribution in [0.5, 0.6) is 0 Å². The van der Waals surface area contributed by atoms with Crippen molar-refractivity contribution in [2.75, 3.05) is 30.5 Å². The molecule has 2 aromatic rings. The fourth-order valence-corrected chi connectivity index (χ4v) is 3.17. The third-order valence-electron chi connectivity index (χ3n) is 3.34. The van der Waals surface area contributed by atoms with Gasteiger partial charge >= 0.3 is 0 Å². The smallest absolute Gasteiger partial charge is 0.0715 e. The SMILES string of the molecule is c1ccc(SCN2CCN(c3ccccc3)C2)cc1. The second kappa shape index (κ2) is 6.13. The number of para-hydroxylation sites is 1. The van der Waals surface area contributed by atoms with Crippen LogP contribution in [0.3, 0.4) is 0 Å². The first kappa shape index (κ1) is 12.6. The molecule has 1 saturated heterocycles. The summed E-state index contributed by atoms with van der Waals surface area (Å²) >= 11 is 1.91. The molecule has 0 N–H and O–H groups in total. The highest BCUT2D eigenvalue weighted by atomic mass is 32.2. The highest BCUT2D eigenvalue weighted by molar-refractivity contribution is 7.99. The van der Waals surface area contributed by atoms with Gasteiger partial charge in [0, 0.05) is 23.7 Å². The zero-order chi connectivity index (χ0) is 12.9. The van der Waals surface area contributed by atoms with Gasteiger partial charge in [0.05, 0.1) is 12.5 Å². The maximum Gasteiger partial charge on any atom is 0.0715 e. The summed E-state index contributed by atoms with van der Waals surface area (Å²) < 4.78 is 0. The van der Waals surface area contributed by atoms with Crippen LogP contribution in [0.25, 0.3) is 0 Å². The summed E-state index contributed by atoms with van der Waals surface area (Å²) in [6.07, 6.45) is 0. The number of anilines is 1. The van der Waals surface area contributed by atoms with Gasteiger partial charge in [-0.2, -0.15) is 0 Å². The molecule has 0 radical (unpaired) electrons. The molecule has 98 valence electrons. The van der Waals surface area contributed by atoms with Gasteiger partial charge in [-0.05, 0) is 24.3 Å². The van der Waals surface area contributed by atoms with Gasteiger partial charge in [-0.1, -0.05) is 36.4 Å². The molecule has 0 bridgehead atoms. The molecule has 3 heteroatoms. The van der Waals surface area contributed by atoms with Crippen LogP contribution in [-0.2, 0) is 0 Å². The Hall–Kier alpha value is -1.45. The first-order valence-electron chi connectivity index (χ1n) is 6.62. The lowest BCUT2D eigenvalue weighted by atomic mass is 10.3. The lowest BCUT2D eigenvalue weighted by molar-refractivity contribution is 0.404. The van der Waals surface area contributed by atoms with E-state index in [4.69, 9.17) is 0 Å². The summed E-state index contributed by atoms with van der Waals surface area (Å²) in [5.41, 5.74) is 1.33. The minimum Gasteiger partial charge on any atom is -0.357 e. The maximum absolute atomic E-state index is 2.49. The van der Waals surface area contributed by atoms with E-state index in [1.165, 1.54) is 10.6 Å². The number of nitrogens with zero attached hydrogens (tertiary/aromatic N) is 2. The highest BCUT2D eigenvalue weighted by Gasteiger charge is 2.19. The van der Waals surface area contributed by atoms with Crippen molar-refractivity contribution in [2.45, 2.75) is 4.90 Å². The standard InChI is InChI=1S/C16H18N2S/c1-3-7-15(8-4-1)18-12-11-17(13-18)14-19-16-9-5-2-6-10-16/h1-10H,11-14H2. The third-order valence-corrected chi connectivity index (χ3v) is 4.43. The molecule has 1 aliphatic heterocycles. The molecular weight excluding hydrogens is 252 g/mol. The second-order valence-corrected chi connectivity index (χ2v) is 5.74. The molecule has 0 aromatic heterocycles. The van der Waals surface area contributed by atoms with Gasteiger partial charge < -0.3 is 4.90 Å². The van der Waals surface area contributed by atoms with Crippen LogP contribution in [0.4, 0.5) is 5.69 Å². The Morgan fingerprint density at radius 1 is 0.842 bits per heavy atom. The molecular formula is C16H18N2S. The van der Waals surface area contributed by atoms with Crippen molar-refractivity contribution in [1.29, 1.82) is 0 Å². The average molecular weight is 270 g/mol. The van der Waals surface area contributed by atoms with E-state index >= 15 is 0 Å². The van der Waals surface area contributed by atoms with Crippen molar-refractivity contribution in [3.63, 3.8) is 0 Å². The summed E-state index contributed by atoms with van der Waals surface area (Å²) in [6, 6.07) is 21.3. The fraction of sp³-hybridized carbons (Fsp3) is 0.250. The van der Waals surface area contributed by atoms with Gasteiger partial charge in [-0.3, -0.25) is 4.90 Å².